The van der Waals surface area contributed by atoms with Gasteiger partial charge in [-0.15, -0.1) is 0 Å². The van der Waals surface area contributed by atoms with Crippen LogP contribution in [0.25, 0.3) is 0 Å². The summed E-state index contributed by atoms with van der Waals surface area (Å²) in [6.45, 7) is 1.11. The number of aryl methyl sites for hydroxylation is 1. The van der Waals surface area contributed by atoms with E-state index in [0.717, 1.165) is 5.56 Å². The Bertz CT molecular complexity index is 654. The van der Waals surface area contributed by atoms with Crippen LogP contribution in [0.3, 0.4) is 0 Å². The van der Waals surface area contributed by atoms with Gasteiger partial charge in [0.15, 0.2) is 5.82 Å². The Kier molecular flexibility index (Phi) is 4.93. The molecule has 122 valence electrons. The number of carbonyl (C=O) groups is 1. The Hall–Kier alpha value is -1.92. The van der Waals surface area contributed by atoms with Gasteiger partial charge in [0, 0.05) is 37.5 Å². The van der Waals surface area contributed by atoms with E-state index in [-0.39, 0.29) is 5.91 Å². The molecule has 2 heterocycles. The molecule has 1 saturated heterocycles. The van der Waals surface area contributed by atoms with Crippen LogP contribution in [-0.4, -0.2) is 29.3 Å². The van der Waals surface area contributed by atoms with Gasteiger partial charge in [-0.2, -0.15) is 4.98 Å². The predicted octanol–water partition coefficient (Wildman–Crippen LogP) is 2.48. The monoisotopic (exact) mass is 335 g/mol. The standard InChI is InChI=1S/C16H18ClN3O3/c17-13-4-2-1-3-12(13)5-6-14(21)19-16(7-9-22-10-8-16)15-18-11-23-20-15/h1-4,11H,5-10H2,(H,19,21). The van der Waals surface area contributed by atoms with Gasteiger partial charge in [-0.05, 0) is 18.1 Å². The molecule has 1 N–H and O–H groups in total. The Morgan fingerprint density at radius 1 is 1.30 bits per heavy atom. The highest BCUT2D eigenvalue weighted by molar-refractivity contribution is 6.31. The highest BCUT2D eigenvalue weighted by atomic mass is 35.5. The highest BCUT2D eigenvalue weighted by Gasteiger charge is 2.39. The van der Waals surface area contributed by atoms with E-state index < -0.39 is 5.54 Å². The van der Waals surface area contributed by atoms with E-state index in [4.69, 9.17) is 20.9 Å². The second kappa shape index (κ2) is 7.10. The fourth-order valence-electron chi connectivity index (χ4n) is 2.78. The normalized spacial score (nSPS) is 16.9. The topological polar surface area (TPSA) is 77.3 Å². The largest absolute Gasteiger partial charge is 0.381 e. The molecule has 1 aliphatic rings. The average molecular weight is 336 g/mol. The molecule has 0 saturated carbocycles. The van der Waals surface area contributed by atoms with Crippen LogP contribution < -0.4 is 5.32 Å². The smallest absolute Gasteiger partial charge is 0.221 e. The SMILES string of the molecule is O=C(CCc1ccccc1Cl)NC1(c2ncon2)CCOCC1. The zero-order valence-electron chi connectivity index (χ0n) is 12.6. The van der Waals surface area contributed by atoms with E-state index in [1.54, 1.807) is 0 Å². The molecule has 2 aromatic rings. The van der Waals surface area contributed by atoms with Gasteiger partial charge in [-0.25, -0.2) is 0 Å². The minimum absolute atomic E-state index is 0.0587. The lowest BCUT2D eigenvalue weighted by atomic mass is 9.88. The molecule has 1 aliphatic heterocycles. The predicted molar refractivity (Wildman–Crippen MR) is 83.9 cm³/mol. The van der Waals surface area contributed by atoms with Crippen molar-refractivity contribution in [1.29, 1.82) is 0 Å². The number of halogens is 1. The molecule has 1 fully saturated rings. The number of nitrogens with zero attached hydrogens (tertiary/aromatic N) is 2. The number of hydrogen-bond donors (Lipinski definition) is 1. The molecule has 1 aromatic carbocycles. The third kappa shape index (κ3) is 3.71. The lowest BCUT2D eigenvalue weighted by Gasteiger charge is -2.35. The van der Waals surface area contributed by atoms with Gasteiger partial charge in [0.05, 0.1) is 0 Å². The maximum Gasteiger partial charge on any atom is 0.221 e. The molecule has 0 unspecified atom stereocenters. The fourth-order valence-corrected chi connectivity index (χ4v) is 3.01. The van der Waals surface area contributed by atoms with Gasteiger partial charge >= 0.3 is 0 Å². The summed E-state index contributed by atoms with van der Waals surface area (Å²) in [5, 5.41) is 7.68. The number of nitrogens with one attached hydrogen (secondary N) is 1. The molecule has 1 aromatic heterocycles. The van der Waals surface area contributed by atoms with E-state index in [2.05, 4.69) is 15.5 Å². The van der Waals surface area contributed by atoms with Crippen molar-refractivity contribution in [2.24, 2.45) is 0 Å². The summed E-state index contributed by atoms with van der Waals surface area (Å²) >= 11 is 6.13. The third-order valence-corrected chi connectivity index (χ3v) is 4.46. The van der Waals surface area contributed by atoms with Crippen molar-refractivity contribution < 1.29 is 14.1 Å². The molecule has 0 atom stereocenters. The lowest BCUT2D eigenvalue weighted by Crippen LogP contribution is -2.50. The van der Waals surface area contributed by atoms with E-state index in [9.17, 15) is 4.79 Å². The van der Waals surface area contributed by atoms with Crippen molar-refractivity contribution in [3.63, 3.8) is 0 Å². The number of benzene rings is 1. The summed E-state index contributed by atoms with van der Waals surface area (Å²) in [6.07, 6.45) is 3.48. The molecule has 0 radical (unpaired) electrons. The molecular weight excluding hydrogens is 318 g/mol. The quantitative estimate of drug-likeness (QED) is 0.908. The maximum atomic E-state index is 12.4. The van der Waals surface area contributed by atoms with Gasteiger partial charge < -0.3 is 14.6 Å². The molecule has 0 aliphatic carbocycles. The summed E-state index contributed by atoms with van der Waals surface area (Å²) in [7, 11) is 0. The zero-order valence-corrected chi connectivity index (χ0v) is 13.4. The number of rotatable bonds is 5. The third-order valence-electron chi connectivity index (χ3n) is 4.09. The first kappa shape index (κ1) is 16.0. The van der Waals surface area contributed by atoms with Crippen molar-refractivity contribution in [1.82, 2.24) is 15.5 Å². The van der Waals surface area contributed by atoms with E-state index in [1.807, 2.05) is 24.3 Å². The number of hydrogen-bond acceptors (Lipinski definition) is 5. The molecule has 7 heteroatoms. The Morgan fingerprint density at radius 3 is 2.78 bits per heavy atom. The number of carbonyl (C=O) groups excluding carboxylic acids is 1. The van der Waals surface area contributed by atoms with Crippen molar-refractivity contribution in [2.75, 3.05) is 13.2 Å². The number of ether oxygens (including phenoxy) is 1. The van der Waals surface area contributed by atoms with Crippen LogP contribution in [0, 0.1) is 0 Å². The van der Waals surface area contributed by atoms with E-state index in [0.29, 0.717) is 49.7 Å². The van der Waals surface area contributed by atoms with Gasteiger partial charge in [0.1, 0.15) is 5.54 Å². The lowest BCUT2D eigenvalue weighted by molar-refractivity contribution is -0.124. The summed E-state index contributed by atoms with van der Waals surface area (Å²) in [5.74, 6) is 0.448. The van der Waals surface area contributed by atoms with Crippen LogP contribution >= 0.6 is 11.6 Å². The summed E-state index contributed by atoms with van der Waals surface area (Å²) < 4.78 is 10.2. The summed E-state index contributed by atoms with van der Waals surface area (Å²) in [5.41, 5.74) is 0.355. The summed E-state index contributed by atoms with van der Waals surface area (Å²) in [6, 6.07) is 7.55. The van der Waals surface area contributed by atoms with Crippen LogP contribution in [0.1, 0.15) is 30.7 Å². The number of amides is 1. The molecule has 1 amide bonds. The first-order valence-corrected chi connectivity index (χ1v) is 7.96. The van der Waals surface area contributed by atoms with Crippen LogP contribution in [-0.2, 0) is 21.5 Å². The highest BCUT2D eigenvalue weighted by Crippen LogP contribution is 2.30. The molecule has 0 bridgehead atoms. The van der Waals surface area contributed by atoms with Crippen LogP contribution in [0.15, 0.2) is 35.2 Å². The van der Waals surface area contributed by atoms with Crippen molar-refractivity contribution in [3.8, 4) is 0 Å². The second-order valence-corrected chi connectivity index (χ2v) is 6.00. The van der Waals surface area contributed by atoms with Gasteiger partial charge in [0.25, 0.3) is 0 Å². The summed E-state index contributed by atoms with van der Waals surface area (Å²) in [4.78, 5) is 16.5. The Balaban J connectivity index is 1.66. The Labute approximate surface area is 139 Å². The molecule has 3 rings (SSSR count). The Morgan fingerprint density at radius 2 is 2.09 bits per heavy atom. The van der Waals surface area contributed by atoms with Gasteiger partial charge in [0.2, 0.25) is 12.3 Å². The average Bonchev–Trinajstić information content (AvgIpc) is 3.10. The molecular formula is C16H18ClN3O3. The van der Waals surface area contributed by atoms with Crippen LogP contribution in [0.5, 0.6) is 0 Å². The molecule has 23 heavy (non-hydrogen) atoms. The first-order valence-electron chi connectivity index (χ1n) is 7.59. The van der Waals surface area contributed by atoms with Crippen molar-refractivity contribution >= 4 is 17.5 Å². The second-order valence-electron chi connectivity index (χ2n) is 5.59. The minimum Gasteiger partial charge on any atom is -0.381 e. The minimum atomic E-state index is -0.608. The van der Waals surface area contributed by atoms with Crippen molar-refractivity contribution in [2.45, 2.75) is 31.2 Å². The zero-order chi connectivity index (χ0) is 16.1. The van der Waals surface area contributed by atoms with Gasteiger partial charge in [-0.1, -0.05) is 35.0 Å². The number of aromatic nitrogens is 2. The fraction of sp³-hybridized carbons (Fsp3) is 0.438. The maximum absolute atomic E-state index is 12.4. The first-order chi connectivity index (χ1) is 11.2. The van der Waals surface area contributed by atoms with Crippen LogP contribution in [0.2, 0.25) is 5.02 Å². The van der Waals surface area contributed by atoms with Crippen LogP contribution in [0.4, 0.5) is 0 Å². The van der Waals surface area contributed by atoms with E-state index >= 15 is 0 Å². The van der Waals surface area contributed by atoms with E-state index in [1.165, 1.54) is 6.39 Å². The van der Waals surface area contributed by atoms with Gasteiger partial charge in [-0.3, -0.25) is 4.79 Å². The molecule has 6 nitrogen and oxygen atoms in total. The molecule has 0 spiro atoms. The van der Waals surface area contributed by atoms with Crippen molar-refractivity contribution in [3.05, 3.63) is 47.1 Å².